The maximum atomic E-state index is 12.4. The van der Waals surface area contributed by atoms with E-state index in [2.05, 4.69) is 34.0 Å². The van der Waals surface area contributed by atoms with Gasteiger partial charge in [0, 0.05) is 31.1 Å². The first-order valence-corrected chi connectivity index (χ1v) is 10.6. The summed E-state index contributed by atoms with van der Waals surface area (Å²) in [5, 5.41) is 8.53. The molecular weight excluding hydrogens is 380 g/mol. The minimum Gasteiger partial charge on any atom is -0.488 e. The maximum absolute atomic E-state index is 12.4. The molecule has 30 heavy (non-hydrogen) atoms. The Labute approximate surface area is 175 Å². The number of carbonyl (C=O) groups is 1. The summed E-state index contributed by atoms with van der Waals surface area (Å²) in [4.78, 5) is 25.2. The number of fused-ring (bicyclic) bond motifs is 1. The third-order valence-electron chi connectivity index (χ3n) is 5.88. The van der Waals surface area contributed by atoms with E-state index in [0.717, 1.165) is 72.8 Å². The van der Waals surface area contributed by atoms with Crippen molar-refractivity contribution in [3.05, 3.63) is 30.6 Å². The third kappa shape index (κ3) is 3.58. The van der Waals surface area contributed by atoms with Crippen LogP contribution in [0.2, 0.25) is 0 Å². The first-order valence-electron chi connectivity index (χ1n) is 10.6. The number of hydrogen-bond acceptors (Lipinski definition) is 6. The molecule has 3 aromatic rings. The Morgan fingerprint density at radius 1 is 1.20 bits per heavy atom. The van der Waals surface area contributed by atoms with Crippen molar-refractivity contribution in [2.45, 2.75) is 38.7 Å². The Balaban J connectivity index is 1.42. The number of anilines is 1. The average molecular weight is 406 g/mol. The Bertz CT molecular complexity index is 1090. The van der Waals surface area contributed by atoms with Crippen LogP contribution in [-0.4, -0.2) is 62.8 Å². The van der Waals surface area contributed by atoms with Crippen LogP contribution in [0.5, 0.6) is 5.75 Å². The summed E-state index contributed by atoms with van der Waals surface area (Å²) >= 11 is 0. The van der Waals surface area contributed by atoms with E-state index in [9.17, 15) is 4.79 Å². The van der Waals surface area contributed by atoms with Gasteiger partial charge in [0.2, 0.25) is 5.91 Å². The lowest BCUT2D eigenvalue weighted by atomic mass is 10.1. The van der Waals surface area contributed by atoms with E-state index in [4.69, 9.17) is 4.74 Å². The molecule has 0 atom stereocenters. The van der Waals surface area contributed by atoms with Gasteiger partial charge in [-0.05, 0) is 44.4 Å². The molecule has 0 radical (unpaired) electrons. The number of carbonyl (C=O) groups excluding carboxylic acids is 1. The fourth-order valence-corrected chi connectivity index (χ4v) is 3.87. The van der Waals surface area contributed by atoms with Gasteiger partial charge >= 0.3 is 0 Å². The van der Waals surface area contributed by atoms with Crippen molar-refractivity contribution in [1.29, 1.82) is 0 Å². The van der Waals surface area contributed by atoms with Gasteiger partial charge in [-0.25, -0.2) is 9.97 Å². The number of benzene rings is 1. The standard InChI is InChI=1S/C22H26N6O2/c1-3-8-27-9-10-28(13-20(27)29)19-12-18(23-14-24-19)21-16-11-15(30-22(2)6-7-22)4-5-17(16)25-26-21/h4-5,11-12,14H,3,6-10,13H2,1-2H3,(H,25,26). The van der Waals surface area contributed by atoms with Gasteiger partial charge in [0.25, 0.3) is 0 Å². The summed E-state index contributed by atoms with van der Waals surface area (Å²) in [5.74, 6) is 1.74. The van der Waals surface area contributed by atoms with Crippen LogP contribution in [0.3, 0.4) is 0 Å². The second-order valence-electron chi connectivity index (χ2n) is 8.40. The van der Waals surface area contributed by atoms with E-state index < -0.39 is 0 Å². The van der Waals surface area contributed by atoms with Crippen LogP contribution in [-0.2, 0) is 4.79 Å². The smallest absolute Gasteiger partial charge is 0.242 e. The number of nitrogens with zero attached hydrogens (tertiary/aromatic N) is 5. The van der Waals surface area contributed by atoms with Crippen molar-refractivity contribution in [2.24, 2.45) is 0 Å². The van der Waals surface area contributed by atoms with E-state index in [1.165, 1.54) is 0 Å². The highest BCUT2D eigenvalue weighted by atomic mass is 16.5. The molecule has 1 saturated heterocycles. The lowest BCUT2D eigenvalue weighted by Crippen LogP contribution is -2.50. The molecule has 5 rings (SSSR count). The molecule has 1 aromatic carbocycles. The third-order valence-corrected chi connectivity index (χ3v) is 5.88. The normalized spacial score (nSPS) is 18.1. The van der Waals surface area contributed by atoms with Crippen LogP contribution in [0.4, 0.5) is 5.82 Å². The predicted molar refractivity (Wildman–Crippen MR) is 114 cm³/mol. The molecular formula is C22H26N6O2. The zero-order valence-electron chi connectivity index (χ0n) is 17.4. The van der Waals surface area contributed by atoms with E-state index in [1.54, 1.807) is 6.33 Å². The predicted octanol–water partition coefficient (Wildman–Crippen LogP) is 3.01. The second kappa shape index (κ2) is 7.27. The quantitative estimate of drug-likeness (QED) is 0.677. The Kier molecular flexibility index (Phi) is 4.56. The van der Waals surface area contributed by atoms with Crippen LogP contribution in [0, 0.1) is 0 Å². The van der Waals surface area contributed by atoms with Gasteiger partial charge in [-0.1, -0.05) is 6.92 Å². The zero-order valence-corrected chi connectivity index (χ0v) is 17.4. The van der Waals surface area contributed by atoms with Crippen molar-refractivity contribution < 1.29 is 9.53 Å². The van der Waals surface area contributed by atoms with Gasteiger partial charge < -0.3 is 14.5 Å². The largest absolute Gasteiger partial charge is 0.488 e. The second-order valence-corrected chi connectivity index (χ2v) is 8.40. The minimum absolute atomic E-state index is 0.0356. The summed E-state index contributed by atoms with van der Waals surface area (Å²) in [6, 6.07) is 7.89. The van der Waals surface area contributed by atoms with Crippen LogP contribution in [0.1, 0.15) is 33.1 Å². The lowest BCUT2D eigenvalue weighted by Gasteiger charge is -2.34. The van der Waals surface area contributed by atoms with Crippen molar-refractivity contribution in [3.8, 4) is 17.1 Å². The molecule has 1 aliphatic heterocycles. The number of amides is 1. The first-order chi connectivity index (χ1) is 14.5. The SMILES string of the molecule is CCCN1CCN(c2cc(-c3n[nH]c4ccc(OC5(C)CC5)cc34)ncn2)CC1=O. The van der Waals surface area contributed by atoms with Crippen molar-refractivity contribution in [1.82, 2.24) is 25.1 Å². The van der Waals surface area contributed by atoms with Crippen LogP contribution in [0.25, 0.3) is 22.3 Å². The monoisotopic (exact) mass is 406 g/mol. The molecule has 0 bridgehead atoms. The summed E-state index contributed by atoms with van der Waals surface area (Å²) < 4.78 is 6.12. The van der Waals surface area contributed by atoms with E-state index in [-0.39, 0.29) is 11.5 Å². The van der Waals surface area contributed by atoms with Gasteiger partial charge in [0.15, 0.2) is 0 Å². The minimum atomic E-state index is -0.0356. The van der Waals surface area contributed by atoms with Crippen molar-refractivity contribution in [3.63, 3.8) is 0 Å². The topological polar surface area (TPSA) is 87.2 Å². The average Bonchev–Trinajstić information content (AvgIpc) is 3.32. The van der Waals surface area contributed by atoms with Gasteiger partial charge in [-0.2, -0.15) is 5.10 Å². The zero-order chi connectivity index (χ0) is 20.7. The number of piperazine rings is 1. The Morgan fingerprint density at radius 3 is 2.83 bits per heavy atom. The number of aromatic nitrogens is 4. The summed E-state index contributed by atoms with van der Waals surface area (Å²) in [6.07, 6.45) is 4.69. The van der Waals surface area contributed by atoms with Gasteiger partial charge in [-0.3, -0.25) is 9.89 Å². The highest BCUT2D eigenvalue weighted by Crippen LogP contribution is 2.40. The number of ether oxygens (including phenoxy) is 1. The molecule has 156 valence electrons. The molecule has 2 fully saturated rings. The number of hydrogen-bond donors (Lipinski definition) is 1. The molecule has 1 amide bonds. The summed E-state index contributed by atoms with van der Waals surface area (Å²) in [6.45, 7) is 6.85. The van der Waals surface area contributed by atoms with Crippen molar-refractivity contribution >= 4 is 22.6 Å². The summed E-state index contributed by atoms with van der Waals surface area (Å²) in [7, 11) is 0. The van der Waals surface area contributed by atoms with E-state index in [1.807, 2.05) is 34.1 Å². The van der Waals surface area contributed by atoms with Gasteiger partial charge in [-0.15, -0.1) is 0 Å². The molecule has 0 spiro atoms. The van der Waals surface area contributed by atoms with Crippen molar-refractivity contribution in [2.75, 3.05) is 31.1 Å². The molecule has 1 aliphatic carbocycles. The molecule has 1 N–H and O–H groups in total. The maximum Gasteiger partial charge on any atom is 0.242 e. The number of H-pyrrole nitrogens is 1. The highest BCUT2D eigenvalue weighted by Gasteiger charge is 2.40. The molecule has 2 aromatic heterocycles. The lowest BCUT2D eigenvalue weighted by molar-refractivity contribution is -0.131. The van der Waals surface area contributed by atoms with E-state index in [0.29, 0.717) is 6.54 Å². The molecule has 8 heteroatoms. The molecule has 1 saturated carbocycles. The molecule has 8 nitrogen and oxygen atoms in total. The number of nitrogens with one attached hydrogen (secondary N) is 1. The number of rotatable bonds is 6. The van der Waals surface area contributed by atoms with E-state index >= 15 is 0 Å². The summed E-state index contributed by atoms with van der Waals surface area (Å²) in [5.41, 5.74) is 2.38. The molecule has 2 aliphatic rings. The van der Waals surface area contributed by atoms with Gasteiger partial charge in [0.1, 0.15) is 29.2 Å². The van der Waals surface area contributed by atoms with Crippen LogP contribution < -0.4 is 9.64 Å². The highest BCUT2D eigenvalue weighted by molar-refractivity contribution is 5.93. The molecule has 3 heterocycles. The molecule has 0 unspecified atom stereocenters. The van der Waals surface area contributed by atoms with Crippen LogP contribution >= 0.6 is 0 Å². The fraction of sp³-hybridized carbons (Fsp3) is 0.455. The first kappa shape index (κ1) is 18.8. The Hall–Kier alpha value is -3.16. The fourth-order valence-electron chi connectivity index (χ4n) is 3.87. The van der Waals surface area contributed by atoms with Crippen LogP contribution in [0.15, 0.2) is 30.6 Å². The number of aromatic amines is 1. The van der Waals surface area contributed by atoms with Gasteiger partial charge in [0.05, 0.1) is 17.8 Å². The Morgan fingerprint density at radius 2 is 2.07 bits per heavy atom.